The Kier molecular flexibility index (Phi) is 4.73. The molecule has 0 aliphatic heterocycles. The van der Waals surface area contributed by atoms with Crippen molar-refractivity contribution in [3.05, 3.63) is 36.1 Å². The lowest BCUT2D eigenvalue weighted by molar-refractivity contribution is 0.351. The van der Waals surface area contributed by atoms with Crippen molar-refractivity contribution in [2.24, 2.45) is 5.92 Å². The summed E-state index contributed by atoms with van der Waals surface area (Å²) in [7, 11) is -2.42. The lowest BCUT2D eigenvalue weighted by Gasteiger charge is -2.12. The molecule has 0 spiro atoms. The zero-order valence-electron chi connectivity index (χ0n) is 14.0. The van der Waals surface area contributed by atoms with Crippen LogP contribution in [-0.2, 0) is 23.0 Å². The topological polar surface area (TPSA) is 115 Å². The molecule has 0 atom stereocenters. The Balaban J connectivity index is 1.74. The number of nitrogens with zero attached hydrogens (tertiary/aromatic N) is 4. The van der Waals surface area contributed by atoms with Crippen LogP contribution in [0, 0.1) is 5.92 Å². The summed E-state index contributed by atoms with van der Waals surface area (Å²) in [6.45, 7) is 4.04. The molecule has 0 aliphatic carbocycles. The van der Waals surface area contributed by atoms with Crippen molar-refractivity contribution in [2.45, 2.75) is 31.9 Å². The lowest BCUT2D eigenvalue weighted by Crippen LogP contribution is -2.26. The van der Waals surface area contributed by atoms with Crippen molar-refractivity contribution in [1.29, 1.82) is 0 Å². The van der Waals surface area contributed by atoms with Crippen LogP contribution in [0.2, 0.25) is 0 Å². The molecule has 0 saturated heterocycles. The van der Waals surface area contributed by atoms with E-state index in [0.29, 0.717) is 29.8 Å². The maximum Gasteiger partial charge on any atom is 0.276 e. The summed E-state index contributed by atoms with van der Waals surface area (Å²) >= 11 is 0. The molecule has 10 heteroatoms. The van der Waals surface area contributed by atoms with E-state index < -0.39 is 10.0 Å². The summed E-state index contributed by atoms with van der Waals surface area (Å²) in [4.78, 5) is 4.21. The quantitative estimate of drug-likeness (QED) is 0.625. The van der Waals surface area contributed by atoms with E-state index in [1.165, 1.54) is 25.4 Å². The summed E-state index contributed by atoms with van der Waals surface area (Å²) in [6.07, 6.45) is 2.09. The van der Waals surface area contributed by atoms with Crippen LogP contribution in [0.3, 0.4) is 0 Å². The van der Waals surface area contributed by atoms with E-state index in [2.05, 4.69) is 15.3 Å². The molecule has 0 fully saturated rings. The van der Waals surface area contributed by atoms with Gasteiger partial charge in [0.1, 0.15) is 0 Å². The van der Waals surface area contributed by atoms with E-state index in [9.17, 15) is 8.42 Å². The molecule has 0 aromatic carbocycles. The van der Waals surface area contributed by atoms with Crippen LogP contribution in [0.25, 0.3) is 11.5 Å². The summed E-state index contributed by atoms with van der Waals surface area (Å²) in [5.74, 6) is 1.78. The molecule has 0 radical (unpaired) electrons. The normalized spacial score (nSPS) is 12.4. The average Bonchev–Trinajstić information content (AvgIpc) is 3.27. The van der Waals surface area contributed by atoms with E-state index in [0.717, 1.165) is 4.31 Å². The van der Waals surface area contributed by atoms with E-state index in [4.69, 9.17) is 13.5 Å². The van der Waals surface area contributed by atoms with Gasteiger partial charge in [-0.15, -0.1) is 0 Å². The van der Waals surface area contributed by atoms with E-state index in [1.54, 1.807) is 6.07 Å². The van der Waals surface area contributed by atoms with Crippen molar-refractivity contribution >= 4 is 10.0 Å². The standard InChI is InChI=1S/C15H18N4O5S/c1-10(2)8-14-17-13(18-24-14)9-19(3)25(20,21)15-5-4-11(22-15)12-6-7-16-23-12/h4-7,10H,8-9H2,1-3H3. The Labute approximate surface area is 144 Å². The third-order valence-electron chi connectivity index (χ3n) is 3.38. The number of sulfonamides is 1. The summed E-state index contributed by atoms with van der Waals surface area (Å²) in [6, 6.07) is 4.45. The average molecular weight is 366 g/mol. The van der Waals surface area contributed by atoms with Gasteiger partial charge in [-0.3, -0.25) is 0 Å². The van der Waals surface area contributed by atoms with Crippen LogP contribution in [0.4, 0.5) is 0 Å². The van der Waals surface area contributed by atoms with Crippen LogP contribution < -0.4 is 0 Å². The monoisotopic (exact) mass is 366 g/mol. The summed E-state index contributed by atoms with van der Waals surface area (Å²) in [5, 5.41) is 7.18. The fraction of sp³-hybridized carbons (Fsp3) is 0.400. The predicted molar refractivity (Wildman–Crippen MR) is 85.7 cm³/mol. The number of aromatic nitrogens is 3. The fourth-order valence-electron chi connectivity index (χ4n) is 2.16. The number of hydrogen-bond acceptors (Lipinski definition) is 8. The minimum absolute atomic E-state index is 0.0255. The van der Waals surface area contributed by atoms with E-state index >= 15 is 0 Å². The van der Waals surface area contributed by atoms with Gasteiger partial charge in [0, 0.05) is 19.5 Å². The molecule has 0 N–H and O–H groups in total. The number of rotatable bonds is 7. The summed E-state index contributed by atoms with van der Waals surface area (Å²) in [5.41, 5.74) is 0. The second kappa shape index (κ2) is 6.81. The Morgan fingerprint density at radius 1 is 1.16 bits per heavy atom. The molecule has 25 heavy (non-hydrogen) atoms. The molecule has 134 valence electrons. The maximum absolute atomic E-state index is 12.6. The first-order valence-corrected chi connectivity index (χ1v) is 9.09. The molecule has 3 rings (SSSR count). The SMILES string of the molecule is CC(C)Cc1nc(CN(C)S(=O)(=O)c2ccc(-c3ccno3)o2)no1. The predicted octanol–water partition coefficient (Wildman–Crippen LogP) is 2.34. The molecule has 9 nitrogen and oxygen atoms in total. The first-order chi connectivity index (χ1) is 11.9. The first-order valence-electron chi connectivity index (χ1n) is 7.65. The Morgan fingerprint density at radius 2 is 1.96 bits per heavy atom. The fourth-order valence-corrected chi connectivity index (χ4v) is 3.19. The van der Waals surface area contributed by atoms with Gasteiger partial charge >= 0.3 is 0 Å². The van der Waals surface area contributed by atoms with Gasteiger partial charge in [-0.2, -0.15) is 9.29 Å². The van der Waals surface area contributed by atoms with Crippen LogP contribution in [0.15, 0.2) is 43.0 Å². The molecule has 3 aromatic rings. The first kappa shape index (κ1) is 17.4. The molecule has 0 bridgehead atoms. The Bertz CT molecular complexity index is 927. The van der Waals surface area contributed by atoms with Crippen molar-refractivity contribution in [3.8, 4) is 11.5 Å². The molecule has 0 aliphatic rings. The molecule has 0 unspecified atom stereocenters. The van der Waals surface area contributed by atoms with Gasteiger partial charge in [0.05, 0.1) is 12.7 Å². The highest BCUT2D eigenvalue weighted by molar-refractivity contribution is 7.88. The third-order valence-corrected chi connectivity index (χ3v) is 5.06. The summed E-state index contributed by atoms with van der Waals surface area (Å²) < 4.78 is 41.8. The zero-order chi connectivity index (χ0) is 18.0. The second-order valence-corrected chi connectivity index (χ2v) is 7.93. The smallest absolute Gasteiger partial charge is 0.276 e. The Hall–Kier alpha value is -2.46. The van der Waals surface area contributed by atoms with Crippen molar-refractivity contribution in [3.63, 3.8) is 0 Å². The van der Waals surface area contributed by atoms with Crippen molar-refractivity contribution in [1.82, 2.24) is 19.6 Å². The largest absolute Gasteiger partial charge is 0.440 e. The Morgan fingerprint density at radius 3 is 2.64 bits per heavy atom. The van der Waals surface area contributed by atoms with Crippen molar-refractivity contribution in [2.75, 3.05) is 7.05 Å². The molecular weight excluding hydrogens is 348 g/mol. The third kappa shape index (κ3) is 3.80. The van der Waals surface area contributed by atoms with Gasteiger partial charge in [0.15, 0.2) is 11.6 Å². The van der Waals surface area contributed by atoms with Gasteiger partial charge in [-0.25, -0.2) is 8.42 Å². The van der Waals surface area contributed by atoms with Gasteiger partial charge in [0.2, 0.25) is 16.7 Å². The second-order valence-electron chi connectivity index (χ2n) is 5.96. The highest BCUT2D eigenvalue weighted by Crippen LogP contribution is 2.26. The molecular formula is C15H18N4O5S. The molecule has 0 amide bonds. The van der Waals surface area contributed by atoms with Gasteiger partial charge in [-0.05, 0) is 18.1 Å². The minimum Gasteiger partial charge on any atom is -0.440 e. The van der Waals surface area contributed by atoms with Crippen LogP contribution in [0.5, 0.6) is 0 Å². The number of hydrogen-bond donors (Lipinski definition) is 0. The van der Waals surface area contributed by atoms with Gasteiger partial charge < -0.3 is 13.5 Å². The number of furan rings is 1. The van der Waals surface area contributed by atoms with Gasteiger partial charge in [-0.1, -0.05) is 24.2 Å². The molecule has 3 aromatic heterocycles. The van der Waals surface area contributed by atoms with Crippen LogP contribution >= 0.6 is 0 Å². The minimum atomic E-state index is -3.84. The highest BCUT2D eigenvalue weighted by Gasteiger charge is 2.27. The van der Waals surface area contributed by atoms with Gasteiger partial charge in [0.25, 0.3) is 10.0 Å². The highest BCUT2D eigenvalue weighted by atomic mass is 32.2. The zero-order valence-corrected chi connectivity index (χ0v) is 14.9. The van der Waals surface area contributed by atoms with Crippen molar-refractivity contribution < 1.29 is 21.9 Å². The van der Waals surface area contributed by atoms with E-state index in [1.807, 2.05) is 13.8 Å². The van der Waals surface area contributed by atoms with Crippen LogP contribution in [-0.4, -0.2) is 35.1 Å². The maximum atomic E-state index is 12.6. The molecule has 3 heterocycles. The lowest BCUT2D eigenvalue weighted by atomic mass is 10.1. The van der Waals surface area contributed by atoms with Crippen LogP contribution in [0.1, 0.15) is 25.6 Å². The molecule has 0 saturated carbocycles. The van der Waals surface area contributed by atoms with E-state index in [-0.39, 0.29) is 17.4 Å².